The molecule has 1 amide bonds. The summed E-state index contributed by atoms with van der Waals surface area (Å²) in [5, 5.41) is 49.3. The predicted octanol–water partition coefficient (Wildman–Crippen LogP) is 0.317. The minimum absolute atomic E-state index is 0.450. The van der Waals surface area contributed by atoms with E-state index in [2.05, 4.69) is 10.4 Å². The second-order valence-corrected chi connectivity index (χ2v) is 7.71. The number of aliphatic hydroxyl groups is 3. The summed E-state index contributed by atoms with van der Waals surface area (Å²) in [5.41, 5.74) is 0.689. The Kier molecular flexibility index (Phi) is 5.83. The van der Waals surface area contributed by atoms with Crippen molar-refractivity contribution in [2.24, 2.45) is 0 Å². The van der Waals surface area contributed by atoms with E-state index in [1.807, 2.05) is 36.4 Å². The van der Waals surface area contributed by atoms with Crippen LogP contribution in [-0.4, -0.2) is 73.0 Å². The van der Waals surface area contributed by atoms with Gasteiger partial charge in [0.15, 0.2) is 0 Å². The van der Waals surface area contributed by atoms with Crippen LogP contribution in [-0.2, 0) is 14.3 Å². The fourth-order valence-corrected chi connectivity index (χ4v) is 4.01. The molecule has 5 N–H and O–H groups in total. The first-order valence-corrected chi connectivity index (χ1v) is 10.0. The smallest absolute Gasteiger partial charge is 0.370 e. The number of carboxylic acids is 1. The lowest BCUT2D eigenvalue weighted by Crippen LogP contribution is -2.58. The molecule has 168 valence electrons. The zero-order valence-electron chi connectivity index (χ0n) is 17.1. The molecule has 5 atom stereocenters. The van der Waals surface area contributed by atoms with E-state index in [1.165, 1.54) is 17.7 Å². The van der Waals surface area contributed by atoms with E-state index in [9.17, 15) is 30.0 Å². The number of carbonyl (C=O) groups excluding carboxylic acids is 1. The molecular weight excluding hydrogens is 418 g/mol. The molecule has 32 heavy (non-hydrogen) atoms. The summed E-state index contributed by atoms with van der Waals surface area (Å²) in [7, 11) is 0. The molecule has 10 heteroatoms. The van der Waals surface area contributed by atoms with Gasteiger partial charge in [-0.3, -0.25) is 9.48 Å². The lowest BCUT2D eigenvalue weighted by atomic mass is 9.92. The van der Waals surface area contributed by atoms with Crippen LogP contribution in [0.2, 0.25) is 0 Å². The largest absolute Gasteiger partial charge is 0.478 e. The van der Waals surface area contributed by atoms with Crippen LogP contribution in [0.4, 0.5) is 0 Å². The Morgan fingerprint density at radius 3 is 2.59 bits per heavy atom. The number of aliphatic hydroxyl groups excluding tert-OH is 3. The number of carboxylic acid groups (broad SMARTS) is 1. The lowest BCUT2D eigenvalue weighted by Gasteiger charge is -2.39. The van der Waals surface area contributed by atoms with Crippen molar-refractivity contribution in [3.8, 4) is 0 Å². The molecule has 4 rings (SSSR count). The van der Waals surface area contributed by atoms with Crippen LogP contribution in [0.25, 0.3) is 21.7 Å². The molecule has 0 bridgehead atoms. The third-order valence-corrected chi connectivity index (χ3v) is 5.53. The van der Waals surface area contributed by atoms with E-state index in [-0.39, 0.29) is 0 Å². The summed E-state index contributed by atoms with van der Waals surface area (Å²) in [6.07, 6.45) is -1.62. The van der Waals surface area contributed by atoms with E-state index in [0.29, 0.717) is 5.52 Å². The molecule has 2 heterocycles. The van der Waals surface area contributed by atoms with Gasteiger partial charge in [0.2, 0.25) is 11.7 Å². The number of benzene rings is 2. The van der Waals surface area contributed by atoms with Crippen LogP contribution in [0, 0.1) is 0 Å². The van der Waals surface area contributed by atoms with Crippen LogP contribution in [0.5, 0.6) is 0 Å². The highest BCUT2D eigenvalue weighted by Crippen LogP contribution is 2.32. The van der Waals surface area contributed by atoms with Crippen LogP contribution in [0.15, 0.2) is 54.4 Å². The molecule has 0 spiro atoms. The Morgan fingerprint density at radius 1 is 1.19 bits per heavy atom. The van der Waals surface area contributed by atoms with Crippen molar-refractivity contribution in [1.29, 1.82) is 0 Å². The number of aliphatic carboxylic acids is 1. The van der Waals surface area contributed by atoms with E-state index in [4.69, 9.17) is 4.74 Å². The number of hydrogen-bond donors (Lipinski definition) is 5. The van der Waals surface area contributed by atoms with Gasteiger partial charge < -0.3 is 30.5 Å². The van der Waals surface area contributed by atoms with Gasteiger partial charge in [-0.1, -0.05) is 36.4 Å². The topological polar surface area (TPSA) is 154 Å². The van der Waals surface area contributed by atoms with E-state index < -0.39 is 54.6 Å². The Balaban J connectivity index is 1.86. The fraction of sp³-hybridized carbons (Fsp3) is 0.318. The number of rotatable bonds is 6. The molecule has 1 aromatic heterocycles. The predicted molar refractivity (Wildman–Crippen MR) is 114 cm³/mol. The van der Waals surface area contributed by atoms with Gasteiger partial charge in [-0.25, -0.2) is 4.79 Å². The van der Waals surface area contributed by atoms with Crippen molar-refractivity contribution in [2.45, 2.75) is 37.3 Å². The summed E-state index contributed by atoms with van der Waals surface area (Å²) in [6, 6.07) is 9.68. The minimum Gasteiger partial charge on any atom is -0.478 e. The van der Waals surface area contributed by atoms with E-state index in [0.717, 1.165) is 16.2 Å². The van der Waals surface area contributed by atoms with Gasteiger partial charge in [0.05, 0.1) is 18.7 Å². The van der Waals surface area contributed by atoms with Gasteiger partial charge in [-0.05, 0) is 11.5 Å². The number of carbonyl (C=O) groups is 2. The number of ether oxygens (including phenoxy) is 1. The Hall–Kier alpha value is -3.47. The van der Waals surface area contributed by atoms with Crippen molar-refractivity contribution in [3.05, 3.63) is 54.4 Å². The molecule has 0 saturated carbocycles. The molecule has 2 aromatic carbocycles. The molecule has 0 unspecified atom stereocenters. The first-order chi connectivity index (χ1) is 15.3. The number of nitrogens with one attached hydrogen (secondary N) is 1. The molecule has 0 fully saturated rings. The second kappa shape index (κ2) is 8.58. The average Bonchev–Trinajstić information content (AvgIpc) is 3.22. The van der Waals surface area contributed by atoms with E-state index in [1.54, 1.807) is 6.20 Å². The SMILES string of the molecule is CC(=O)N[C@H]1[C@H]([C@H](O)[C@H](O)CO)OC(C(=O)O)=C[C@@H]1n1cc2ccc3ccccc3c2n1. The third kappa shape index (κ3) is 3.91. The molecule has 0 aliphatic carbocycles. The molecule has 10 nitrogen and oxygen atoms in total. The quantitative estimate of drug-likeness (QED) is 0.366. The monoisotopic (exact) mass is 441 g/mol. The zero-order valence-corrected chi connectivity index (χ0v) is 17.1. The highest BCUT2D eigenvalue weighted by Gasteiger charge is 2.44. The number of hydrogen-bond acceptors (Lipinski definition) is 7. The first kappa shape index (κ1) is 21.8. The maximum Gasteiger partial charge on any atom is 0.370 e. The Morgan fingerprint density at radius 2 is 1.91 bits per heavy atom. The van der Waals surface area contributed by atoms with Crippen LogP contribution in [0.3, 0.4) is 0 Å². The molecule has 1 aliphatic rings. The number of amides is 1. The van der Waals surface area contributed by atoms with Gasteiger partial charge in [0.25, 0.3) is 0 Å². The summed E-state index contributed by atoms with van der Waals surface area (Å²) in [5.74, 6) is -2.29. The average molecular weight is 441 g/mol. The highest BCUT2D eigenvalue weighted by molar-refractivity contribution is 6.04. The molecule has 3 aromatic rings. The summed E-state index contributed by atoms with van der Waals surface area (Å²) < 4.78 is 6.93. The van der Waals surface area contributed by atoms with Gasteiger partial charge in [0.1, 0.15) is 23.8 Å². The van der Waals surface area contributed by atoms with Crippen LogP contribution >= 0.6 is 0 Å². The maximum atomic E-state index is 11.9. The molecular formula is C22H23N3O7. The van der Waals surface area contributed by atoms with Crippen LogP contribution in [0.1, 0.15) is 13.0 Å². The highest BCUT2D eigenvalue weighted by atomic mass is 16.5. The van der Waals surface area contributed by atoms with E-state index >= 15 is 0 Å². The van der Waals surface area contributed by atoms with Crippen molar-refractivity contribution in [1.82, 2.24) is 15.1 Å². The molecule has 0 radical (unpaired) electrons. The summed E-state index contributed by atoms with van der Waals surface area (Å²) in [6.45, 7) is 0.495. The van der Waals surface area contributed by atoms with Crippen molar-refractivity contribution >= 4 is 33.6 Å². The summed E-state index contributed by atoms with van der Waals surface area (Å²) >= 11 is 0. The van der Waals surface area contributed by atoms with Crippen molar-refractivity contribution in [3.63, 3.8) is 0 Å². The summed E-state index contributed by atoms with van der Waals surface area (Å²) in [4.78, 5) is 23.6. The fourth-order valence-electron chi connectivity index (χ4n) is 4.01. The number of fused-ring (bicyclic) bond motifs is 3. The van der Waals surface area contributed by atoms with Crippen LogP contribution < -0.4 is 5.32 Å². The molecule has 0 saturated heterocycles. The van der Waals surface area contributed by atoms with Gasteiger partial charge >= 0.3 is 5.97 Å². The third-order valence-electron chi connectivity index (χ3n) is 5.53. The minimum atomic E-state index is -1.67. The Bertz CT molecular complexity index is 1200. The number of nitrogens with zero attached hydrogens (tertiary/aromatic N) is 2. The lowest BCUT2D eigenvalue weighted by molar-refractivity contribution is -0.147. The number of aromatic nitrogens is 2. The second-order valence-electron chi connectivity index (χ2n) is 7.71. The maximum absolute atomic E-state index is 11.9. The van der Waals surface area contributed by atoms with Crippen molar-refractivity contribution < 1.29 is 34.8 Å². The van der Waals surface area contributed by atoms with Gasteiger partial charge in [-0.2, -0.15) is 5.10 Å². The molecule has 1 aliphatic heterocycles. The first-order valence-electron chi connectivity index (χ1n) is 10.0. The van der Waals surface area contributed by atoms with Gasteiger partial charge in [0, 0.05) is 23.9 Å². The normalized spacial score (nSPS) is 22.8. The van der Waals surface area contributed by atoms with Gasteiger partial charge in [-0.15, -0.1) is 0 Å². The standard InChI is InChI=1S/C22H23N3O7/c1-11(27)23-19-15(8-17(22(30)31)32-21(19)20(29)16(28)10-26)25-9-13-7-6-12-4-2-3-5-14(12)18(13)24-25/h2-9,15-16,19-21,26,28-29H,10H2,1H3,(H,23,27)(H,30,31)/t15-,16+,19+,20+,21+/m0/s1. The zero-order chi connectivity index (χ0) is 23.0. The Labute approximate surface area is 182 Å². The van der Waals surface area contributed by atoms with Crippen molar-refractivity contribution in [2.75, 3.05) is 6.61 Å².